The third-order valence-corrected chi connectivity index (χ3v) is 0.623. The summed E-state index contributed by atoms with van der Waals surface area (Å²) in [6.45, 7) is 0. The smallest absolute Gasteiger partial charge is 0.332 e. The maximum absolute atomic E-state index is 9.77. The van der Waals surface area contributed by atoms with Crippen molar-refractivity contribution in [2.75, 3.05) is 0 Å². The third-order valence-electron chi connectivity index (χ3n) is 0.623. The van der Waals surface area contributed by atoms with Crippen molar-refractivity contribution in [3.8, 4) is 6.07 Å². The van der Waals surface area contributed by atoms with Gasteiger partial charge in [0.15, 0.2) is 0 Å². The van der Waals surface area contributed by atoms with Crippen LogP contribution in [0.2, 0.25) is 0 Å². The summed E-state index contributed by atoms with van der Waals surface area (Å²) in [5, 5.41) is 23.7. The molecule has 0 spiro atoms. The number of nitriles is 1. The molecule has 0 atom stereocenters. The Labute approximate surface area is 62.4 Å². The van der Waals surface area contributed by atoms with Crippen LogP contribution in [0.3, 0.4) is 0 Å². The zero-order valence-electron chi connectivity index (χ0n) is 5.65. The van der Waals surface area contributed by atoms with Gasteiger partial charge in [-0.1, -0.05) is 0 Å². The van der Waals surface area contributed by atoms with Crippen molar-refractivity contribution >= 4 is 11.9 Å². The third kappa shape index (κ3) is 4.83. The van der Waals surface area contributed by atoms with Gasteiger partial charge in [0, 0.05) is 0 Å². The lowest BCUT2D eigenvalue weighted by atomic mass is 10.2. The highest BCUT2D eigenvalue weighted by Gasteiger charge is 2.24. The number of nitrogens with zero attached hydrogens (tertiary/aromatic N) is 1. The Hall–Kier alpha value is -1.65. The Morgan fingerprint density at radius 3 is 1.45 bits per heavy atom. The van der Waals surface area contributed by atoms with E-state index in [1.807, 2.05) is 0 Å². The molecule has 0 aliphatic carbocycles. The molecular weight excluding hydrogens is 154 g/mol. The molecular formula is C4H9N3O4. The minimum Gasteiger partial charge on any atom is -0.480 e. The topological polar surface area (TPSA) is 168 Å². The first-order chi connectivity index (χ1) is 4.09. The van der Waals surface area contributed by atoms with Gasteiger partial charge in [-0.05, 0) is 0 Å². The molecule has 7 nitrogen and oxygen atoms in total. The van der Waals surface area contributed by atoms with E-state index >= 15 is 0 Å². The van der Waals surface area contributed by atoms with Crippen molar-refractivity contribution < 1.29 is 19.8 Å². The van der Waals surface area contributed by atoms with Crippen molar-refractivity contribution in [2.24, 2.45) is 5.92 Å². The van der Waals surface area contributed by atoms with Crippen molar-refractivity contribution in [3.63, 3.8) is 0 Å². The standard InChI is InChI=1S/C4H3NO4.2H3N/c5-1-2(3(6)7)4(8)9;;/h2H,(H,6,7)(H,8,9);2*1H3. The van der Waals surface area contributed by atoms with Gasteiger partial charge in [-0.15, -0.1) is 0 Å². The molecule has 0 heterocycles. The van der Waals surface area contributed by atoms with E-state index in [2.05, 4.69) is 0 Å². The molecule has 0 saturated carbocycles. The first kappa shape index (κ1) is 16.2. The van der Waals surface area contributed by atoms with Crippen LogP contribution in [0.5, 0.6) is 0 Å². The SMILES string of the molecule is N.N.N#CC(C(=O)O)C(=O)O. The molecule has 0 unspecified atom stereocenters. The summed E-state index contributed by atoms with van der Waals surface area (Å²) in [5.41, 5.74) is 0. The van der Waals surface area contributed by atoms with Gasteiger partial charge < -0.3 is 22.5 Å². The van der Waals surface area contributed by atoms with Crippen LogP contribution in [0.25, 0.3) is 0 Å². The van der Waals surface area contributed by atoms with Crippen LogP contribution < -0.4 is 12.3 Å². The van der Waals surface area contributed by atoms with E-state index in [1.165, 1.54) is 0 Å². The van der Waals surface area contributed by atoms with E-state index in [-0.39, 0.29) is 12.3 Å². The molecule has 0 amide bonds. The molecule has 64 valence electrons. The van der Waals surface area contributed by atoms with Crippen molar-refractivity contribution in [1.82, 2.24) is 12.3 Å². The van der Waals surface area contributed by atoms with Crippen molar-refractivity contribution in [1.29, 1.82) is 5.26 Å². The second-order valence-electron chi connectivity index (χ2n) is 1.24. The van der Waals surface area contributed by atoms with Crippen LogP contribution >= 0.6 is 0 Å². The molecule has 0 aromatic rings. The number of carbonyl (C=O) groups is 2. The summed E-state index contributed by atoms with van der Waals surface area (Å²) in [6.07, 6.45) is 0. The van der Waals surface area contributed by atoms with E-state index in [9.17, 15) is 9.59 Å². The highest BCUT2D eigenvalue weighted by atomic mass is 16.4. The number of carboxylic acids is 2. The van der Waals surface area contributed by atoms with Crippen LogP contribution in [0, 0.1) is 17.2 Å². The number of aliphatic carboxylic acids is 2. The summed E-state index contributed by atoms with van der Waals surface area (Å²) < 4.78 is 0. The first-order valence-electron chi connectivity index (χ1n) is 1.95. The minimum atomic E-state index is -1.94. The average Bonchev–Trinajstić information content (AvgIpc) is 1.64. The van der Waals surface area contributed by atoms with E-state index < -0.39 is 17.9 Å². The van der Waals surface area contributed by atoms with Gasteiger partial charge >= 0.3 is 11.9 Å². The highest BCUT2D eigenvalue weighted by molar-refractivity contribution is 5.95. The molecule has 0 aliphatic heterocycles. The lowest BCUT2D eigenvalue weighted by molar-refractivity contribution is -0.151. The quantitative estimate of drug-likeness (QED) is 0.402. The van der Waals surface area contributed by atoms with Gasteiger partial charge in [0.1, 0.15) is 0 Å². The monoisotopic (exact) mass is 163 g/mol. The highest BCUT2D eigenvalue weighted by Crippen LogP contribution is 1.92. The predicted molar refractivity (Wildman–Crippen MR) is 34.4 cm³/mol. The Bertz CT molecular complexity index is 170. The molecule has 0 saturated heterocycles. The summed E-state index contributed by atoms with van der Waals surface area (Å²) in [7, 11) is 0. The summed E-state index contributed by atoms with van der Waals surface area (Å²) in [4.78, 5) is 19.5. The average molecular weight is 163 g/mol. The second-order valence-corrected chi connectivity index (χ2v) is 1.24. The molecule has 0 bridgehead atoms. The van der Waals surface area contributed by atoms with Gasteiger partial charge in [-0.2, -0.15) is 5.26 Å². The molecule has 8 N–H and O–H groups in total. The maximum atomic E-state index is 9.77. The van der Waals surface area contributed by atoms with Crippen LogP contribution in [0.15, 0.2) is 0 Å². The van der Waals surface area contributed by atoms with Gasteiger partial charge in [-0.25, -0.2) is 0 Å². The first-order valence-corrected chi connectivity index (χ1v) is 1.95. The van der Waals surface area contributed by atoms with Gasteiger partial charge in [0.25, 0.3) is 0 Å². The summed E-state index contributed by atoms with van der Waals surface area (Å²) in [6, 6.07) is 1.10. The lowest BCUT2D eigenvalue weighted by Gasteiger charge is -1.91. The molecule has 11 heavy (non-hydrogen) atoms. The fourth-order valence-electron chi connectivity index (χ4n) is 0.216. The van der Waals surface area contributed by atoms with Gasteiger partial charge in [-0.3, -0.25) is 9.59 Å². The van der Waals surface area contributed by atoms with Gasteiger partial charge in [0.05, 0.1) is 6.07 Å². The second kappa shape index (κ2) is 6.47. The molecule has 0 fully saturated rings. The number of hydrogen-bond acceptors (Lipinski definition) is 5. The normalized spacial score (nSPS) is 6.91. The van der Waals surface area contributed by atoms with Gasteiger partial charge in [0.2, 0.25) is 5.92 Å². The van der Waals surface area contributed by atoms with Crippen molar-refractivity contribution in [2.45, 2.75) is 0 Å². The van der Waals surface area contributed by atoms with Crippen molar-refractivity contribution in [3.05, 3.63) is 0 Å². The zero-order valence-corrected chi connectivity index (χ0v) is 5.65. The summed E-state index contributed by atoms with van der Waals surface area (Å²) in [5.74, 6) is -5.21. The molecule has 0 aromatic carbocycles. The zero-order chi connectivity index (χ0) is 7.44. The lowest BCUT2D eigenvalue weighted by Crippen LogP contribution is -2.20. The van der Waals surface area contributed by atoms with E-state index in [1.54, 1.807) is 0 Å². The Morgan fingerprint density at radius 1 is 1.18 bits per heavy atom. The Balaban J connectivity index is -0.000000320. The molecule has 7 heteroatoms. The number of rotatable bonds is 2. The minimum absolute atomic E-state index is 0. The Morgan fingerprint density at radius 2 is 1.45 bits per heavy atom. The predicted octanol–water partition coefficient (Wildman–Crippen LogP) is -0.381. The molecule has 0 radical (unpaired) electrons. The van der Waals surface area contributed by atoms with Crippen LogP contribution in [-0.2, 0) is 9.59 Å². The molecule has 0 rings (SSSR count). The van der Waals surface area contributed by atoms with E-state index in [0.29, 0.717) is 0 Å². The fourth-order valence-corrected chi connectivity index (χ4v) is 0.216. The number of hydrogen-bond donors (Lipinski definition) is 4. The maximum Gasteiger partial charge on any atom is 0.332 e. The Kier molecular flexibility index (Phi) is 9.51. The van der Waals surface area contributed by atoms with E-state index in [0.717, 1.165) is 6.07 Å². The molecule has 0 aromatic heterocycles. The summed E-state index contributed by atoms with van der Waals surface area (Å²) >= 11 is 0. The molecule has 0 aliphatic rings. The van der Waals surface area contributed by atoms with Crippen LogP contribution in [0.4, 0.5) is 0 Å². The van der Waals surface area contributed by atoms with Crippen LogP contribution in [0.1, 0.15) is 0 Å². The van der Waals surface area contributed by atoms with Crippen LogP contribution in [-0.4, -0.2) is 22.2 Å². The fraction of sp³-hybridized carbons (Fsp3) is 0.250. The van der Waals surface area contributed by atoms with E-state index in [4.69, 9.17) is 15.5 Å². The number of carboxylic acid groups (broad SMARTS) is 2. The largest absolute Gasteiger partial charge is 0.480 e.